The number of carbonyl (C=O) groups excluding carboxylic acids is 2. The van der Waals surface area contributed by atoms with E-state index in [0.29, 0.717) is 13.2 Å². The molecule has 1 spiro atoms. The zero-order valence-corrected chi connectivity index (χ0v) is 8.13. The van der Waals surface area contributed by atoms with Crippen molar-refractivity contribution in [2.75, 3.05) is 13.2 Å². The molecule has 0 saturated carbocycles. The second-order valence-corrected chi connectivity index (χ2v) is 3.83. The van der Waals surface area contributed by atoms with Crippen molar-refractivity contribution >= 4 is 11.9 Å². The monoisotopic (exact) mass is 198 g/mol. The van der Waals surface area contributed by atoms with E-state index in [9.17, 15) is 9.59 Å². The Balaban J connectivity index is 2.26. The molecular weight excluding hydrogens is 184 g/mol. The van der Waals surface area contributed by atoms with Gasteiger partial charge in [0.15, 0.2) is 0 Å². The Hall–Kier alpha value is -1.10. The molecular formula is C9H14N2O3. The van der Waals surface area contributed by atoms with Crippen LogP contribution in [-0.2, 0) is 9.53 Å². The Kier molecular flexibility index (Phi) is 2.19. The minimum Gasteiger partial charge on any atom is -0.378 e. The SMILES string of the molecule is CCC1CCOCC12NC(=O)NC2=O. The molecule has 5 heteroatoms. The molecule has 0 bridgehead atoms. The molecule has 0 aromatic rings. The first kappa shape index (κ1) is 9.45. The van der Waals surface area contributed by atoms with Crippen molar-refractivity contribution in [2.45, 2.75) is 25.3 Å². The normalized spacial score (nSPS) is 37.1. The fourth-order valence-corrected chi connectivity index (χ4v) is 2.27. The lowest BCUT2D eigenvalue weighted by Gasteiger charge is -2.37. The van der Waals surface area contributed by atoms with Gasteiger partial charge in [-0.2, -0.15) is 0 Å². The lowest BCUT2D eigenvalue weighted by atomic mass is 9.79. The summed E-state index contributed by atoms with van der Waals surface area (Å²) in [5.41, 5.74) is -0.802. The second kappa shape index (κ2) is 3.24. The summed E-state index contributed by atoms with van der Waals surface area (Å²) in [6.45, 7) is 2.99. The largest absolute Gasteiger partial charge is 0.378 e. The molecule has 2 rings (SSSR count). The first-order valence-electron chi connectivity index (χ1n) is 4.90. The molecule has 2 heterocycles. The maximum Gasteiger partial charge on any atom is 0.322 e. The highest BCUT2D eigenvalue weighted by Crippen LogP contribution is 2.31. The minimum atomic E-state index is -0.802. The van der Waals surface area contributed by atoms with Crippen molar-refractivity contribution in [3.8, 4) is 0 Å². The average molecular weight is 198 g/mol. The van der Waals surface area contributed by atoms with Gasteiger partial charge in [-0.3, -0.25) is 10.1 Å². The van der Waals surface area contributed by atoms with Crippen LogP contribution in [0.15, 0.2) is 0 Å². The smallest absolute Gasteiger partial charge is 0.322 e. The van der Waals surface area contributed by atoms with Gasteiger partial charge in [0.1, 0.15) is 5.54 Å². The van der Waals surface area contributed by atoms with Crippen LogP contribution in [0.5, 0.6) is 0 Å². The molecule has 0 aromatic carbocycles. The molecule has 78 valence electrons. The van der Waals surface area contributed by atoms with Gasteiger partial charge in [-0.15, -0.1) is 0 Å². The number of imide groups is 1. The molecule has 14 heavy (non-hydrogen) atoms. The predicted octanol–water partition coefficient (Wildman–Crippen LogP) is 0.0111. The second-order valence-electron chi connectivity index (χ2n) is 3.83. The molecule has 0 aromatic heterocycles. The Morgan fingerprint density at radius 1 is 1.57 bits per heavy atom. The van der Waals surface area contributed by atoms with E-state index in [1.165, 1.54) is 0 Å². The number of urea groups is 1. The maximum absolute atomic E-state index is 11.7. The van der Waals surface area contributed by atoms with E-state index < -0.39 is 11.6 Å². The van der Waals surface area contributed by atoms with Crippen LogP contribution < -0.4 is 10.6 Å². The Bertz CT molecular complexity index is 279. The van der Waals surface area contributed by atoms with Gasteiger partial charge >= 0.3 is 6.03 Å². The van der Waals surface area contributed by atoms with Crippen LogP contribution >= 0.6 is 0 Å². The summed E-state index contributed by atoms with van der Waals surface area (Å²) in [5.74, 6) is -0.0586. The Morgan fingerprint density at radius 3 is 2.93 bits per heavy atom. The maximum atomic E-state index is 11.7. The average Bonchev–Trinajstić information content (AvgIpc) is 2.43. The number of ether oxygens (including phenoxy) is 1. The molecule has 3 amide bonds. The van der Waals surface area contributed by atoms with Crippen LogP contribution in [0.3, 0.4) is 0 Å². The summed E-state index contributed by atoms with van der Waals surface area (Å²) >= 11 is 0. The van der Waals surface area contributed by atoms with E-state index in [1.807, 2.05) is 6.92 Å². The van der Waals surface area contributed by atoms with Gasteiger partial charge in [-0.1, -0.05) is 13.3 Å². The topological polar surface area (TPSA) is 67.4 Å². The van der Waals surface area contributed by atoms with E-state index in [1.54, 1.807) is 0 Å². The number of nitrogens with one attached hydrogen (secondary N) is 2. The highest BCUT2D eigenvalue weighted by Gasteiger charge is 2.52. The van der Waals surface area contributed by atoms with Gasteiger partial charge in [0.2, 0.25) is 0 Å². The lowest BCUT2D eigenvalue weighted by molar-refractivity contribution is -0.132. The third kappa shape index (κ3) is 1.19. The summed E-state index contributed by atoms with van der Waals surface area (Å²) < 4.78 is 5.28. The predicted molar refractivity (Wildman–Crippen MR) is 48.6 cm³/mol. The first-order valence-corrected chi connectivity index (χ1v) is 4.90. The summed E-state index contributed by atoms with van der Waals surface area (Å²) in [6, 6.07) is -0.404. The van der Waals surface area contributed by atoms with Gasteiger partial charge in [0, 0.05) is 6.61 Å². The quantitative estimate of drug-likeness (QED) is 0.583. The van der Waals surface area contributed by atoms with E-state index in [0.717, 1.165) is 12.8 Å². The van der Waals surface area contributed by atoms with Crippen molar-refractivity contribution in [1.29, 1.82) is 0 Å². The third-order valence-corrected chi connectivity index (χ3v) is 3.10. The molecule has 2 fully saturated rings. The molecule has 2 atom stereocenters. The van der Waals surface area contributed by atoms with Crippen LogP contribution in [0.2, 0.25) is 0 Å². The van der Waals surface area contributed by atoms with Crippen LogP contribution in [0.4, 0.5) is 4.79 Å². The summed E-state index contributed by atoms with van der Waals surface area (Å²) in [5, 5.41) is 4.97. The van der Waals surface area contributed by atoms with Gasteiger partial charge in [0.05, 0.1) is 6.61 Å². The summed E-state index contributed by atoms with van der Waals surface area (Å²) in [7, 11) is 0. The zero-order valence-electron chi connectivity index (χ0n) is 8.13. The number of carbonyl (C=O) groups is 2. The van der Waals surface area contributed by atoms with Gasteiger partial charge < -0.3 is 10.1 Å². The van der Waals surface area contributed by atoms with Crippen LogP contribution in [-0.4, -0.2) is 30.7 Å². The minimum absolute atomic E-state index is 0.183. The van der Waals surface area contributed by atoms with Gasteiger partial charge in [-0.25, -0.2) is 4.79 Å². The van der Waals surface area contributed by atoms with E-state index in [2.05, 4.69) is 10.6 Å². The number of hydrogen-bond donors (Lipinski definition) is 2. The molecule has 2 N–H and O–H groups in total. The van der Waals surface area contributed by atoms with Crippen molar-refractivity contribution in [2.24, 2.45) is 5.92 Å². The molecule has 0 aliphatic carbocycles. The highest BCUT2D eigenvalue weighted by molar-refractivity contribution is 6.07. The van der Waals surface area contributed by atoms with E-state index >= 15 is 0 Å². The first-order chi connectivity index (χ1) is 6.69. The zero-order chi connectivity index (χ0) is 10.2. The number of hydrogen-bond acceptors (Lipinski definition) is 3. The molecule has 0 radical (unpaired) electrons. The standard InChI is InChI=1S/C9H14N2O3/c1-2-6-3-4-14-5-9(6)7(12)10-8(13)11-9/h6H,2-5H2,1H3,(H2,10,11,12,13). The fraction of sp³-hybridized carbons (Fsp3) is 0.778. The highest BCUT2D eigenvalue weighted by atomic mass is 16.5. The number of amides is 3. The van der Waals surface area contributed by atoms with Crippen LogP contribution in [0.1, 0.15) is 19.8 Å². The third-order valence-electron chi connectivity index (χ3n) is 3.10. The van der Waals surface area contributed by atoms with Crippen molar-refractivity contribution in [3.05, 3.63) is 0 Å². The van der Waals surface area contributed by atoms with Crippen LogP contribution in [0.25, 0.3) is 0 Å². The molecule has 2 unspecified atom stereocenters. The van der Waals surface area contributed by atoms with Crippen molar-refractivity contribution in [1.82, 2.24) is 10.6 Å². The van der Waals surface area contributed by atoms with Gasteiger partial charge in [-0.05, 0) is 12.3 Å². The molecule has 2 aliphatic heterocycles. The summed E-state index contributed by atoms with van der Waals surface area (Å²) in [4.78, 5) is 22.7. The summed E-state index contributed by atoms with van der Waals surface area (Å²) in [6.07, 6.45) is 1.70. The fourth-order valence-electron chi connectivity index (χ4n) is 2.27. The molecule has 2 saturated heterocycles. The lowest BCUT2D eigenvalue weighted by Crippen LogP contribution is -2.59. The molecule has 2 aliphatic rings. The van der Waals surface area contributed by atoms with E-state index in [4.69, 9.17) is 4.74 Å². The van der Waals surface area contributed by atoms with Gasteiger partial charge in [0.25, 0.3) is 5.91 Å². The van der Waals surface area contributed by atoms with Crippen molar-refractivity contribution in [3.63, 3.8) is 0 Å². The Morgan fingerprint density at radius 2 is 2.36 bits per heavy atom. The molecule has 5 nitrogen and oxygen atoms in total. The number of rotatable bonds is 1. The Labute approximate surface area is 82.2 Å². The van der Waals surface area contributed by atoms with Crippen LogP contribution in [0, 0.1) is 5.92 Å². The van der Waals surface area contributed by atoms with E-state index in [-0.39, 0.29) is 11.8 Å². The van der Waals surface area contributed by atoms with Crippen molar-refractivity contribution < 1.29 is 14.3 Å².